The molecule has 6 nitrogen and oxygen atoms in total. The molecule has 3 aromatic rings. The minimum absolute atomic E-state index is 0.162. The highest BCUT2D eigenvalue weighted by atomic mass is 16.7. The lowest BCUT2D eigenvalue weighted by molar-refractivity contribution is -0.145. The van der Waals surface area contributed by atoms with Gasteiger partial charge in [0, 0.05) is 19.2 Å². The normalized spacial score (nSPS) is 20.7. The maximum atomic E-state index is 13.0. The number of rotatable bonds is 6. The van der Waals surface area contributed by atoms with E-state index in [4.69, 9.17) is 18.9 Å². The number of carbonyl (C=O) groups excluding carboxylic acids is 1. The number of carbonyl (C=O) groups is 1. The lowest BCUT2D eigenvalue weighted by Crippen LogP contribution is -2.28. The molecule has 0 N–H and O–H groups in total. The van der Waals surface area contributed by atoms with Crippen molar-refractivity contribution in [3.05, 3.63) is 102 Å². The number of nitrogens with zero attached hydrogens (tertiary/aromatic N) is 1. The monoisotopic (exact) mass is 443 g/mol. The number of methoxy groups -OCH3 is 1. The number of hydrogen-bond donors (Lipinski definition) is 0. The van der Waals surface area contributed by atoms with Gasteiger partial charge in [0.25, 0.3) is 0 Å². The highest BCUT2D eigenvalue weighted by Crippen LogP contribution is 2.42. The average Bonchev–Trinajstić information content (AvgIpc) is 3.47. The van der Waals surface area contributed by atoms with Gasteiger partial charge in [-0.1, -0.05) is 60.7 Å². The molecule has 168 valence electrons. The number of esters is 1. The predicted octanol–water partition coefficient (Wildman–Crippen LogP) is 4.72. The predicted molar refractivity (Wildman–Crippen MR) is 123 cm³/mol. The van der Waals surface area contributed by atoms with E-state index in [1.165, 1.54) is 12.7 Å². The molecular formula is C27H25NO5. The summed E-state index contributed by atoms with van der Waals surface area (Å²) in [5.41, 5.74) is 3.11. The Kier molecular flexibility index (Phi) is 6.00. The van der Waals surface area contributed by atoms with Crippen molar-refractivity contribution in [1.29, 1.82) is 0 Å². The summed E-state index contributed by atoms with van der Waals surface area (Å²) in [6.07, 6.45) is 1.68. The second-order valence-corrected chi connectivity index (χ2v) is 8.07. The molecule has 5 rings (SSSR count). The zero-order valence-electron chi connectivity index (χ0n) is 18.3. The Morgan fingerprint density at radius 2 is 1.73 bits per heavy atom. The maximum Gasteiger partial charge on any atom is 0.314 e. The maximum absolute atomic E-state index is 13.0. The van der Waals surface area contributed by atoms with Gasteiger partial charge in [0.2, 0.25) is 6.79 Å². The van der Waals surface area contributed by atoms with Gasteiger partial charge in [-0.3, -0.25) is 9.69 Å². The van der Waals surface area contributed by atoms with Gasteiger partial charge in [-0.2, -0.15) is 0 Å². The Morgan fingerprint density at radius 1 is 1.00 bits per heavy atom. The van der Waals surface area contributed by atoms with Gasteiger partial charge >= 0.3 is 5.97 Å². The molecule has 1 fully saturated rings. The largest absolute Gasteiger partial charge is 0.469 e. The molecule has 0 aliphatic carbocycles. The van der Waals surface area contributed by atoms with Gasteiger partial charge in [0.05, 0.1) is 19.4 Å². The molecule has 33 heavy (non-hydrogen) atoms. The van der Waals surface area contributed by atoms with Crippen molar-refractivity contribution in [3.8, 4) is 17.2 Å². The first-order valence-electron chi connectivity index (χ1n) is 10.9. The van der Waals surface area contributed by atoms with E-state index in [2.05, 4.69) is 29.2 Å². The van der Waals surface area contributed by atoms with E-state index in [0.717, 1.165) is 11.1 Å². The van der Waals surface area contributed by atoms with Crippen LogP contribution in [0.1, 0.15) is 17.2 Å². The third-order valence-corrected chi connectivity index (χ3v) is 6.01. The van der Waals surface area contributed by atoms with Gasteiger partial charge in [0.15, 0.2) is 11.5 Å². The van der Waals surface area contributed by atoms with E-state index < -0.39 is 5.92 Å². The smallest absolute Gasteiger partial charge is 0.314 e. The van der Waals surface area contributed by atoms with Crippen molar-refractivity contribution in [2.45, 2.75) is 12.6 Å². The third kappa shape index (κ3) is 4.43. The molecule has 6 heteroatoms. The second kappa shape index (κ2) is 9.38. The van der Waals surface area contributed by atoms with Crippen LogP contribution >= 0.6 is 0 Å². The molecule has 0 spiro atoms. The summed E-state index contributed by atoms with van der Waals surface area (Å²) < 4.78 is 22.0. The summed E-state index contributed by atoms with van der Waals surface area (Å²) in [4.78, 5) is 15.3. The standard InChI is InChI=1S/C27H25NO5/c1-30-27(29)25-21(17-31-22-12-13-23-24(14-22)33-18-32-23)16-28(15-19-8-4-2-5-9-19)26(25)20-10-6-3-7-11-20/h2-14,17,25-26H,15-16,18H2,1H3/b21-17+. The highest BCUT2D eigenvalue weighted by Gasteiger charge is 2.44. The van der Waals surface area contributed by atoms with Crippen LogP contribution in [0.25, 0.3) is 0 Å². The number of benzene rings is 3. The van der Waals surface area contributed by atoms with Crippen LogP contribution in [-0.2, 0) is 16.1 Å². The quantitative estimate of drug-likeness (QED) is 0.406. The average molecular weight is 443 g/mol. The molecule has 1 saturated heterocycles. The number of ether oxygens (including phenoxy) is 4. The first kappa shape index (κ1) is 21.1. The molecule has 2 heterocycles. The number of fused-ring (bicyclic) bond motifs is 1. The third-order valence-electron chi connectivity index (χ3n) is 6.01. The highest BCUT2D eigenvalue weighted by molar-refractivity contribution is 5.78. The summed E-state index contributed by atoms with van der Waals surface area (Å²) in [5, 5.41) is 0. The molecule has 2 aliphatic heterocycles. The van der Waals surface area contributed by atoms with Crippen LogP contribution in [0.2, 0.25) is 0 Å². The van der Waals surface area contributed by atoms with Crippen LogP contribution in [0, 0.1) is 5.92 Å². The van der Waals surface area contributed by atoms with Crippen LogP contribution in [-0.4, -0.2) is 31.3 Å². The van der Waals surface area contributed by atoms with Gasteiger partial charge in [-0.05, 0) is 28.8 Å². The zero-order valence-corrected chi connectivity index (χ0v) is 18.3. The van der Waals surface area contributed by atoms with E-state index in [1.807, 2.05) is 48.5 Å². The minimum atomic E-state index is -0.477. The number of likely N-dealkylation sites (tertiary alicyclic amines) is 1. The molecule has 2 unspecified atom stereocenters. The van der Waals surface area contributed by atoms with E-state index in [9.17, 15) is 4.79 Å². The molecule has 3 aromatic carbocycles. The molecule has 0 amide bonds. The van der Waals surface area contributed by atoms with Gasteiger partial charge in [0.1, 0.15) is 11.7 Å². The Bertz CT molecular complexity index is 1150. The first-order chi connectivity index (χ1) is 16.2. The summed E-state index contributed by atoms with van der Waals surface area (Å²) in [6, 6.07) is 25.6. The fourth-order valence-electron chi connectivity index (χ4n) is 4.48. The van der Waals surface area contributed by atoms with Crippen LogP contribution < -0.4 is 14.2 Å². The Morgan fingerprint density at radius 3 is 2.48 bits per heavy atom. The van der Waals surface area contributed by atoms with Crippen LogP contribution in [0.4, 0.5) is 0 Å². The van der Waals surface area contributed by atoms with Crippen molar-refractivity contribution in [2.24, 2.45) is 5.92 Å². The summed E-state index contributed by atoms with van der Waals surface area (Å²) in [6.45, 7) is 1.49. The molecule has 0 bridgehead atoms. The van der Waals surface area contributed by atoms with E-state index >= 15 is 0 Å². The van der Waals surface area contributed by atoms with E-state index in [1.54, 1.807) is 12.3 Å². The molecule has 2 aliphatic rings. The summed E-state index contributed by atoms with van der Waals surface area (Å²) in [7, 11) is 1.43. The van der Waals surface area contributed by atoms with Gasteiger partial charge in [-0.25, -0.2) is 0 Å². The second-order valence-electron chi connectivity index (χ2n) is 8.07. The van der Waals surface area contributed by atoms with Crippen molar-refractivity contribution in [2.75, 3.05) is 20.4 Å². The fourth-order valence-corrected chi connectivity index (χ4v) is 4.48. The molecule has 2 atom stereocenters. The summed E-state index contributed by atoms with van der Waals surface area (Å²) in [5.74, 6) is 1.21. The lowest BCUT2D eigenvalue weighted by atomic mass is 9.91. The van der Waals surface area contributed by atoms with Gasteiger partial charge in [-0.15, -0.1) is 0 Å². The van der Waals surface area contributed by atoms with Crippen molar-refractivity contribution in [3.63, 3.8) is 0 Å². The number of hydrogen-bond acceptors (Lipinski definition) is 6. The van der Waals surface area contributed by atoms with Crippen molar-refractivity contribution in [1.82, 2.24) is 4.90 Å². The SMILES string of the molecule is COC(=O)C1/C(=C/Oc2ccc3c(c2)OCO3)CN(Cc2ccccc2)C1c1ccccc1. The summed E-state index contributed by atoms with van der Waals surface area (Å²) >= 11 is 0. The minimum Gasteiger partial charge on any atom is -0.469 e. The van der Waals surface area contributed by atoms with Crippen LogP contribution in [0.3, 0.4) is 0 Å². The molecule has 0 radical (unpaired) electrons. The lowest BCUT2D eigenvalue weighted by Gasteiger charge is -2.27. The molecule has 0 saturated carbocycles. The van der Waals surface area contributed by atoms with E-state index in [-0.39, 0.29) is 18.8 Å². The van der Waals surface area contributed by atoms with Gasteiger partial charge < -0.3 is 18.9 Å². The molecular weight excluding hydrogens is 418 g/mol. The fraction of sp³-hybridized carbons (Fsp3) is 0.222. The van der Waals surface area contributed by atoms with Crippen LogP contribution in [0.5, 0.6) is 17.2 Å². The first-order valence-corrected chi connectivity index (χ1v) is 10.9. The topological polar surface area (TPSA) is 57.2 Å². The zero-order chi connectivity index (χ0) is 22.6. The van der Waals surface area contributed by atoms with Crippen molar-refractivity contribution >= 4 is 5.97 Å². The molecule has 0 aromatic heterocycles. The van der Waals surface area contributed by atoms with Crippen molar-refractivity contribution < 1.29 is 23.7 Å². The Balaban J connectivity index is 1.48. The van der Waals surface area contributed by atoms with Crippen LogP contribution in [0.15, 0.2) is 90.7 Å². The Hall–Kier alpha value is -3.77. The Labute approximate surface area is 193 Å². The van der Waals surface area contributed by atoms with E-state index in [0.29, 0.717) is 30.3 Å².